The molecule has 1 fully saturated rings. The maximum atomic E-state index is 13.6. The number of urea groups is 1. The third kappa shape index (κ3) is 5.54. The second kappa shape index (κ2) is 10.1. The smallest absolute Gasteiger partial charge is 0.416 e. The predicted molar refractivity (Wildman–Crippen MR) is 135 cm³/mol. The van der Waals surface area contributed by atoms with Gasteiger partial charge in [-0.3, -0.25) is 9.88 Å². The molecule has 5 rings (SSSR count). The minimum absolute atomic E-state index is 0.228. The van der Waals surface area contributed by atoms with Gasteiger partial charge in [0.2, 0.25) is 0 Å². The summed E-state index contributed by atoms with van der Waals surface area (Å²) >= 11 is 5.92. The van der Waals surface area contributed by atoms with Gasteiger partial charge in [0.05, 0.1) is 11.6 Å². The number of anilines is 1. The average Bonchev–Trinajstić information content (AvgIpc) is 3.22. The molecule has 1 aliphatic rings. The molecule has 1 atom stereocenters. The molecule has 2 heterocycles. The number of nitrogens with zero attached hydrogens (tertiary/aromatic N) is 3. The third-order valence-electron chi connectivity index (χ3n) is 6.07. The van der Waals surface area contributed by atoms with Crippen molar-refractivity contribution in [1.29, 1.82) is 0 Å². The van der Waals surface area contributed by atoms with Crippen molar-refractivity contribution < 1.29 is 22.7 Å². The Bertz CT molecular complexity index is 1380. The molecule has 0 N–H and O–H groups in total. The number of halogens is 4. The maximum Gasteiger partial charge on any atom is 0.416 e. The van der Waals surface area contributed by atoms with Gasteiger partial charge in [-0.05, 0) is 83.9 Å². The fourth-order valence-corrected chi connectivity index (χ4v) is 4.40. The maximum absolute atomic E-state index is 13.6. The molecule has 5 nitrogen and oxygen atoms in total. The number of carbonyl (C=O) groups is 1. The van der Waals surface area contributed by atoms with Crippen molar-refractivity contribution in [2.24, 2.45) is 0 Å². The zero-order chi connectivity index (χ0) is 26.0. The molecule has 0 bridgehead atoms. The van der Waals surface area contributed by atoms with Gasteiger partial charge in [-0.25, -0.2) is 4.79 Å². The van der Waals surface area contributed by atoms with Crippen LogP contribution in [0.4, 0.5) is 23.7 Å². The van der Waals surface area contributed by atoms with Gasteiger partial charge in [-0.15, -0.1) is 0 Å². The number of carbonyl (C=O) groups excluding carboxylic acids is 1. The Morgan fingerprint density at radius 3 is 2.22 bits per heavy atom. The Labute approximate surface area is 216 Å². The molecule has 0 saturated carbocycles. The molecule has 0 aliphatic carbocycles. The van der Waals surface area contributed by atoms with Crippen molar-refractivity contribution in [1.82, 2.24) is 9.88 Å². The van der Waals surface area contributed by atoms with Crippen molar-refractivity contribution in [2.45, 2.75) is 18.8 Å². The van der Waals surface area contributed by atoms with E-state index in [2.05, 4.69) is 4.98 Å². The normalized spacial score (nSPS) is 15.8. The van der Waals surface area contributed by atoms with E-state index in [9.17, 15) is 18.0 Å². The molecule has 1 aliphatic heterocycles. The van der Waals surface area contributed by atoms with E-state index in [4.69, 9.17) is 16.3 Å². The van der Waals surface area contributed by atoms with Gasteiger partial charge in [-0.1, -0.05) is 23.7 Å². The summed E-state index contributed by atoms with van der Waals surface area (Å²) in [6, 6.07) is 21.6. The van der Waals surface area contributed by atoms with Crippen molar-refractivity contribution in [2.75, 3.05) is 11.4 Å². The number of hydrogen-bond donors (Lipinski definition) is 0. The molecule has 9 heteroatoms. The Hall–Kier alpha value is -4.04. The molecule has 1 saturated heterocycles. The monoisotopic (exact) mass is 523 g/mol. The lowest BCUT2D eigenvalue weighted by atomic mass is 10.0. The first-order valence-corrected chi connectivity index (χ1v) is 11.8. The van der Waals surface area contributed by atoms with E-state index in [1.807, 2.05) is 0 Å². The second-order valence-corrected chi connectivity index (χ2v) is 9.01. The number of hydrogen-bond acceptors (Lipinski definition) is 3. The van der Waals surface area contributed by atoms with Crippen LogP contribution in [0.25, 0.3) is 0 Å². The van der Waals surface area contributed by atoms with Gasteiger partial charge in [0.25, 0.3) is 0 Å². The van der Waals surface area contributed by atoms with Crippen LogP contribution >= 0.6 is 11.6 Å². The van der Waals surface area contributed by atoms with Gasteiger partial charge in [0.15, 0.2) is 0 Å². The molecule has 37 heavy (non-hydrogen) atoms. The highest BCUT2D eigenvalue weighted by atomic mass is 35.5. The Balaban J connectivity index is 1.45. The van der Waals surface area contributed by atoms with Crippen molar-refractivity contribution in [3.8, 4) is 11.5 Å². The summed E-state index contributed by atoms with van der Waals surface area (Å²) in [4.78, 5) is 20.7. The lowest BCUT2D eigenvalue weighted by Crippen LogP contribution is -2.32. The lowest BCUT2D eigenvalue weighted by Gasteiger charge is -2.24. The summed E-state index contributed by atoms with van der Waals surface area (Å²) in [7, 11) is 0. The Morgan fingerprint density at radius 1 is 0.919 bits per heavy atom. The summed E-state index contributed by atoms with van der Waals surface area (Å²) < 4.78 is 46.2. The van der Waals surface area contributed by atoms with Crippen molar-refractivity contribution in [3.63, 3.8) is 0 Å². The molecule has 2 amide bonds. The topological polar surface area (TPSA) is 45.7 Å². The standard InChI is InChI=1S/C28H21ClF3N3O2/c29-22-4-8-24(9-5-22)37-25-10-6-23(7-11-25)35-26(20-2-1-3-21(16-20)28(30,31)32)18-34(27(35)36)17-19-12-14-33-15-13-19/h1-16,26H,17-18H2. The number of amides is 2. The minimum atomic E-state index is -4.49. The zero-order valence-corrected chi connectivity index (χ0v) is 20.2. The van der Waals surface area contributed by atoms with Crippen LogP contribution in [0.3, 0.4) is 0 Å². The molecule has 0 spiro atoms. The van der Waals surface area contributed by atoms with Crippen molar-refractivity contribution in [3.05, 3.63) is 119 Å². The molecule has 1 aromatic heterocycles. The summed E-state index contributed by atoms with van der Waals surface area (Å²) in [5, 5.41) is 0.590. The number of pyridine rings is 1. The number of rotatable bonds is 6. The molecule has 4 aromatic rings. The summed E-state index contributed by atoms with van der Waals surface area (Å²) in [6.45, 7) is 0.538. The minimum Gasteiger partial charge on any atom is -0.457 e. The summed E-state index contributed by atoms with van der Waals surface area (Å²) in [6.07, 6.45) is -1.21. The molecule has 0 radical (unpaired) electrons. The van der Waals surface area contributed by atoms with E-state index in [0.717, 1.165) is 17.7 Å². The van der Waals surface area contributed by atoms with Crippen LogP contribution in [-0.2, 0) is 12.7 Å². The predicted octanol–water partition coefficient (Wildman–Crippen LogP) is 7.73. The Kier molecular flexibility index (Phi) is 6.76. The van der Waals surface area contributed by atoms with E-state index in [-0.39, 0.29) is 12.6 Å². The zero-order valence-electron chi connectivity index (χ0n) is 19.4. The fraction of sp³-hybridized carbons (Fsp3) is 0.143. The number of aromatic nitrogens is 1. The highest BCUT2D eigenvalue weighted by Crippen LogP contribution is 2.38. The molecule has 3 aromatic carbocycles. The first-order chi connectivity index (χ1) is 17.8. The summed E-state index contributed by atoms with van der Waals surface area (Å²) in [5.41, 5.74) is 1.08. The number of ether oxygens (including phenoxy) is 1. The van der Waals surface area contributed by atoms with Crippen LogP contribution in [0.2, 0.25) is 5.02 Å². The molecular formula is C28H21ClF3N3O2. The third-order valence-corrected chi connectivity index (χ3v) is 6.32. The van der Waals surface area contributed by atoms with E-state index in [1.54, 1.807) is 84.0 Å². The SMILES string of the molecule is O=C1N(Cc2ccncc2)CC(c2cccc(C(F)(F)F)c2)N1c1ccc(Oc2ccc(Cl)cc2)cc1. The van der Waals surface area contributed by atoms with Crippen LogP contribution < -0.4 is 9.64 Å². The first-order valence-electron chi connectivity index (χ1n) is 11.5. The van der Waals surface area contributed by atoms with Crippen LogP contribution in [0.15, 0.2) is 97.3 Å². The van der Waals surface area contributed by atoms with Crippen molar-refractivity contribution >= 4 is 23.3 Å². The lowest BCUT2D eigenvalue weighted by molar-refractivity contribution is -0.137. The average molecular weight is 524 g/mol. The number of alkyl halides is 3. The fourth-order valence-electron chi connectivity index (χ4n) is 4.28. The van der Waals surface area contributed by atoms with Crippen LogP contribution in [0, 0.1) is 0 Å². The summed E-state index contributed by atoms with van der Waals surface area (Å²) in [5.74, 6) is 1.14. The van der Waals surface area contributed by atoms with Gasteiger partial charge < -0.3 is 9.64 Å². The highest BCUT2D eigenvalue weighted by molar-refractivity contribution is 6.30. The quantitative estimate of drug-likeness (QED) is 0.260. The second-order valence-electron chi connectivity index (χ2n) is 8.58. The highest BCUT2D eigenvalue weighted by Gasteiger charge is 2.40. The van der Waals surface area contributed by atoms with E-state index in [0.29, 0.717) is 34.3 Å². The van der Waals surface area contributed by atoms with Crippen LogP contribution in [0.5, 0.6) is 11.5 Å². The van der Waals surface area contributed by atoms with Gasteiger partial charge >= 0.3 is 12.2 Å². The molecule has 188 valence electrons. The van der Waals surface area contributed by atoms with Gasteiger partial charge in [-0.2, -0.15) is 13.2 Å². The van der Waals surface area contributed by atoms with E-state index < -0.39 is 17.8 Å². The van der Waals surface area contributed by atoms with Crippen LogP contribution in [0.1, 0.15) is 22.7 Å². The molecular weight excluding hydrogens is 503 g/mol. The number of benzene rings is 3. The largest absolute Gasteiger partial charge is 0.457 e. The molecule has 1 unspecified atom stereocenters. The van der Waals surface area contributed by atoms with E-state index in [1.165, 1.54) is 11.0 Å². The van der Waals surface area contributed by atoms with Gasteiger partial charge in [0, 0.05) is 36.2 Å². The van der Waals surface area contributed by atoms with E-state index >= 15 is 0 Å². The first kappa shape index (κ1) is 24.6. The Morgan fingerprint density at radius 2 is 1.57 bits per heavy atom. The van der Waals surface area contributed by atoms with Crippen LogP contribution in [-0.4, -0.2) is 22.5 Å². The van der Waals surface area contributed by atoms with Gasteiger partial charge in [0.1, 0.15) is 11.5 Å².